The van der Waals surface area contributed by atoms with Crippen LogP contribution in [0.4, 0.5) is 5.82 Å². The predicted octanol–water partition coefficient (Wildman–Crippen LogP) is -1.18. The fourth-order valence-corrected chi connectivity index (χ4v) is 9.57. The number of anilines is 1. The summed E-state index contributed by atoms with van der Waals surface area (Å²) in [7, 11) is 3.44. The first-order chi connectivity index (χ1) is 24.0. The molecule has 1 aromatic heterocycles. The molecule has 0 aliphatic heterocycles. The summed E-state index contributed by atoms with van der Waals surface area (Å²) in [5.74, 6) is -6.04. The Bertz CT molecular complexity index is 1400. The number of amides is 3. The van der Waals surface area contributed by atoms with Crippen LogP contribution in [0, 0.1) is 0 Å². The number of aliphatic hydroxyl groups excluding tert-OH is 1. The van der Waals surface area contributed by atoms with Crippen molar-refractivity contribution >= 4 is 87.8 Å². The minimum Gasteiger partial charge on any atom is -0.481 e. The van der Waals surface area contributed by atoms with Gasteiger partial charge in [-0.15, -0.1) is 0 Å². The summed E-state index contributed by atoms with van der Waals surface area (Å²) in [6.45, 7) is 1.39. The highest BCUT2D eigenvalue weighted by Crippen LogP contribution is 2.50. The van der Waals surface area contributed by atoms with Crippen molar-refractivity contribution < 1.29 is 58.8 Å². The van der Waals surface area contributed by atoms with Crippen LogP contribution in [0.5, 0.6) is 0 Å². The van der Waals surface area contributed by atoms with E-state index in [2.05, 4.69) is 15.6 Å². The lowest BCUT2D eigenvalue weighted by Gasteiger charge is -2.21. The van der Waals surface area contributed by atoms with Crippen molar-refractivity contribution in [2.45, 2.75) is 82.6 Å². The molecule has 1 rings (SSSR count). The van der Waals surface area contributed by atoms with E-state index in [9.17, 15) is 38.7 Å². The zero-order chi connectivity index (χ0) is 38.5. The summed E-state index contributed by atoms with van der Waals surface area (Å²) in [6.07, 6.45) is -0.462. The van der Waals surface area contributed by atoms with E-state index < -0.39 is 78.6 Å². The summed E-state index contributed by atoms with van der Waals surface area (Å²) >= 11 is 0. The van der Waals surface area contributed by atoms with Crippen LogP contribution in [-0.2, 0) is 46.8 Å². The molecule has 288 valence electrons. The zero-order valence-corrected chi connectivity index (χ0v) is 32.0. The molecule has 0 saturated heterocycles. The quantitative estimate of drug-likeness (QED) is 0.0284. The molecule has 1 aromatic rings. The summed E-state index contributed by atoms with van der Waals surface area (Å²) in [4.78, 5) is 95.7. The smallest absolute Gasteiger partial charge is 0.351 e. The number of carboxylic acids is 3. The Morgan fingerprint density at radius 1 is 1.02 bits per heavy atom. The molecule has 51 heavy (non-hydrogen) atoms. The van der Waals surface area contributed by atoms with Crippen LogP contribution >= 0.6 is 46.3 Å². The van der Waals surface area contributed by atoms with Crippen molar-refractivity contribution in [2.75, 3.05) is 23.4 Å². The van der Waals surface area contributed by atoms with Gasteiger partial charge in [-0.25, -0.2) is 9.59 Å². The molecule has 0 aromatic carbocycles. The number of carbonyl (C=O) groups is 6. The number of aromatic nitrogens is 2. The zero-order valence-electron chi connectivity index (χ0n) is 27.4. The molecule has 0 fully saturated rings. The molecule has 3 amide bonds. The van der Waals surface area contributed by atoms with Crippen molar-refractivity contribution in [3.05, 3.63) is 22.2 Å². The Balaban J connectivity index is 2.46. The number of carboxylic acid groups (broad SMARTS) is 3. The van der Waals surface area contributed by atoms with Crippen LogP contribution in [0.15, 0.2) is 11.0 Å². The highest BCUT2D eigenvalue weighted by molar-refractivity contribution is 8.76. The van der Waals surface area contributed by atoms with E-state index in [0.717, 1.165) is 0 Å². The van der Waals surface area contributed by atoms with Gasteiger partial charge in [0.1, 0.15) is 24.6 Å². The molecule has 25 heteroatoms. The van der Waals surface area contributed by atoms with Crippen LogP contribution in [0.3, 0.4) is 0 Å². The fourth-order valence-electron chi connectivity index (χ4n) is 3.85. The van der Waals surface area contributed by atoms with Gasteiger partial charge in [0.2, 0.25) is 17.7 Å². The van der Waals surface area contributed by atoms with Crippen LogP contribution in [0.2, 0.25) is 0 Å². The van der Waals surface area contributed by atoms with Gasteiger partial charge in [-0.2, -0.15) is 4.98 Å². The number of nitrogens with two attached hydrogens (primary N) is 2. The molecule has 8 unspecified atom stereocenters. The van der Waals surface area contributed by atoms with E-state index in [1.54, 1.807) is 6.92 Å². The van der Waals surface area contributed by atoms with Gasteiger partial charge in [-0.05, 0) is 33.9 Å². The monoisotopic (exact) mass is 819 g/mol. The molecule has 0 radical (unpaired) electrons. The van der Waals surface area contributed by atoms with Crippen molar-refractivity contribution in [2.24, 2.45) is 5.73 Å². The van der Waals surface area contributed by atoms with Crippen molar-refractivity contribution in [3.8, 4) is 0 Å². The van der Waals surface area contributed by atoms with E-state index >= 15 is 0 Å². The van der Waals surface area contributed by atoms with Crippen molar-refractivity contribution in [1.29, 1.82) is 0 Å². The molecule has 0 saturated carbocycles. The number of ether oxygens (including phenoxy) is 1. The maximum atomic E-state index is 12.5. The molecule has 0 bridgehead atoms. The molecular weight excluding hydrogens is 775 g/mol. The Morgan fingerprint density at radius 3 is 2.25 bits per heavy atom. The SMILES string of the molecule is CC(O)C(CPPPO)OCn1cc(CNC(=O)CCSSCCCC(N)C(=O)NC(CC(=O)O)C(=O)NC(CC(=O)O)C(=O)O)c(N)nc1=O. The Morgan fingerprint density at radius 2 is 1.65 bits per heavy atom. The van der Waals surface area contributed by atoms with Gasteiger partial charge in [-0.1, -0.05) is 29.9 Å². The van der Waals surface area contributed by atoms with Crippen LogP contribution < -0.4 is 33.1 Å². The maximum absolute atomic E-state index is 12.5. The Hall–Kier alpha value is -2.67. The fraction of sp³-hybridized carbons (Fsp3) is 0.615. The second-order valence-corrected chi connectivity index (χ2v) is 19.3. The van der Waals surface area contributed by atoms with Gasteiger partial charge < -0.3 is 57.5 Å². The molecular formula is C26H44N7O13P3S2. The Labute approximate surface area is 305 Å². The van der Waals surface area contributed by atoms with Crippen LogP contribution in [0.25, 0.3) is 0 Å². The van der Waals surface area contributed by atoms with Gasteiger partial charge in [0, 0.05) is 44.7 Å². The highest BCUT2D eigenvalue weighted by atomic mass is 33.1. The molecule has 0 aliphatic rings. The third-order valence-corrected chi connectivity index (χ3v) is 14.0. The van der Waals surface area contributed by atoms with Gasteiger partial charge in [-0.3, -0.25) is 28.5 Å². The van der Waals surface area contributed by atoms with E-state index in [4.69, 9.17) is 36.4 Å². The normalized spacial score (nSPS) is 14.7. The van der Waals surface area contributed by atoms with E-state index in [0.29, 0.717) is 45.9 Å². The van der Waals surface area contributed by atoms with Crippen LogP contribution in [-0.4, -0.2) is 119 Å². The maximum Gasteiger partial charge on any atom is 0.351 e. The Kier molecular flexibility index (Phi) is 23.0. The molecule has 12 N–H and O–H groups in total. The number of aliphatic carboxylic acids is 3. The molecule has 8 atom stereocenters. The standard InChI is InChI=1S/C26H44N7O13P3S2/c1-13(34)18(11-47-49-48-45)46-12-33-10-14(22(28)32-26(33)44)9-29-19(35)4-6-51-50-5-2-3-15(27)23(40)30-16(7-20(36)37)24(41)31-17(25(42)43)8-21(38)39/h10,13,15-18,34,45,47-49H,2-9,11-12,27H2,1H3,(H,29,35)(H,30,40)(H,31,41)(H,36,37)(H,38,39)(H,42,43)(H2,28,32,44). The second-order valence-electron chi connectivity index (χ2n) is 10.7. The first-order valence-corrected chi connectivity index (χ1v) is 22.8. The lowest BCUT2D eigenvalue weighted by molar-refractivity contribution is -0.148. The minimum absolute atomic E-state index is 0.00687. The second kappa shape index (κ2) is 25.3. The lowest BCUT2D eigenvalue weighted by Crippen LogP contribution is -2.55. The largest absolute Gasteiger partial charge is 0.481 e. The van der Waals surface area contributed by atoms with Gasteiger partial charge in [0.25, 0.3) is 0 Å². The minimum atomic E-state index is -1.84. The predicted molar refractivity (Wildman–Crippen MR) is 196 cm³/mol. The average Bonchev–Trinajstić information content (AvgIpc) is 3.04. The topological polar surface area (TPSA) is 336 Å². The summed E-state index contributed by atoms with van der Waals surface area (Å²) in [5, 5.41) is 43.8. The number of hydrogen-bond acceptors (Lipinski definition) is 15. The lowest BCUT2D eigenvalue weighted by atomic mass is 10.1. The van der Waals surface area contributed by atoms with E-state index in [1.165, 1.54) is 32.4 Å². The number of carbonyl (C=O) groups excluding carboxylic acids is 3. The first kappa shape index (κ1) is 46.4. The van der Waals surface area contributed by atoms with Crippen LogP contribution in [0.1, 0.15) is 44.6 Å². The van der Waals surface area contributed by atoms with Gasteiger partial charge in [0.05, 0.1) is 31.1 Å². The summed E-state index contributed by atoms with van der Waals surface area (Å²) in [6, 6.07) is -4.65. The van der Waals surface area contributed by atoms with Crippen molar-refractivity contribution in [3.63, 3.8) is 0 Å². The first-order valence-electron chi connectivity index (χ1n) is 15.1. The number of nitrogens with one attached hydrogen (secondary N) is 3. The van der Waals surface area contributed by atoms with Gasteiger partial charge >= 0.3 is 23.6 Å². The summed E-state index contributed by atoms with van der Waals surface area (Å²) < 4.78 is 6.88. The highest BCUT2D eigenvalue weighted by Gasteiger charge is 2.30. The molecule has 0 aliphatic carbocycles. The number of aliphatic hydroxyl groups is 1. The average molecular weight is 820 g/mol. The number of hydrogen-bond donors (Lipinski definition) is 10. The number of rotatable bonds is 27. The number of nitrogen functional groups attached to an aromatic ring is 1. The van der Waals surface area contributed by atoms with Crippen molar-refractivity contribution in [1.82, 2.24) is 25.5 Å². The van der Waals surface area contributed by atoms with Gasteiger partial charge in [0.15, 0.2) is 0 Å². The molecule has 20 nitrogen and oxygen atoms in total. The molecule has 1 heterocycles. The number of nitrogens with zero attached hydrogens (tertiary/aromatic N) is 2. The van der Waals surface area contributed by atoms with E-state index in [1.807, 2.05) is 5.32 Å². The third kappa shape index (κ3) is 19.7. The molecule has 0 spiro atoms. The summed E-state index contributed by atoms with van der Waals surface area (Å²) in [5.41, 5.74) is 11.5. The third-order valence-electron chi connectivity index (χ3n) is 6.57. The van der Waals surface area contributed by atoms with E-state index in [-0.39, 0.29) is 46.3 Å².